The Balaban J connectivity index is 2.02. The van der Waals surface area contributed by atoms with Crippen molar-refractivity contribution in [2.45, 2.75) is 13.0 Å². The molecule has 2 aromatic rings. The Hall–Kier alpha value is -1.94. The van der Waals surface area contributed by atoms with Crippen LogP contribution < -0.4 is 10.1 Å². The van der Waals surface area contributed by atoms with Gasteiger partial charge in [0.05, 0.1) is 12.4 Å². The SMILES string of the molecule is CNC(C)COc1cnc(-c2ccccc2)nc1. The first-order valence-corrected chi connectivity index (χ1v) is 5.97. The third kappa shape index (κ3) is 3.28. The number of likely N-dealkylation sites (N-methyl/N-ethyl adjacent to an activating group) is 1. The molecule has 0 amide bonds. The second kappa shape index (κ2) is 6.12. The predicted molar refractivity (Wildman–Crippen MR) is 71.5 cm³/mol. The third-order valence-electron chi connectivity index (χ3n) is 2.65. The highest BCUT2D eigenvalue weighted by Crippen LogP contribution is 2.15. The Morgan fingerprint density at radius 2 is 1.83 bits per heavy atom. The van der Waals surface area contributed by atoms with Gasteiger partial charge in [-0.05, 0) is 14.0 Å². The summed E-state index contributed by atoms with van der Waals surface area (Å²) in [4.78, 5) is 8.59. The summed E-state index contributed by atoms with van der Waals surface area (Å²) in [7, 11) is 1.91. The van der Waals surface area contributed by atoms with Crippen molar-refractivity contribution in [3.63, 3.8) is 0 Å². The predicted octanol–water partition coefficient (Wildman–Crippen LogP) is 2.13. The lowest BCUT2D eigenvalue weighted by Crippen LogP contribution is -2.28. The van der Waals surface area contributed by atoms with Crippen LogP contribution in [0.25, 0.3) is 11.4 Å². The normalized spacial score (nSPS) is 12.1. The van der Waals surface area contributed by atoms with E-state index in [2.05, 4.69) is 22.2 Å². The van der Waals surface area contributed by atoms with E-state index in [1.807, 2.05) is 37.4 Å². The van der Waals surface area contributed by atoms with Crippen LogP contribution in [-0.4, -0.2) is 29.7 Å². The van der Waals surface area contributed by atoms with Crippen molar-refractivity contribution in [2.24, 2.45) is 0 Å². The third-order valence-corrected chi connectivity index (χ3v) is 2.65. The van der Waals surface area contributed by atoms with E-state index in [0.717, 1.165) is 5.56 Å². The largest absolute Gasteiger partial charge is 0.489 e. The summed E-state index contributed by atoms with van der Waals surface area (Å²) in [5.41, 5.74) is 1.01. The maximum Gasteiger partial charge on any atom is 0.159 e. The molecular formula is C14H17N3O. The number of aromatic nitrogens is 2. The summed E-state index contributed by atoms with van der Waals surface area (Å²) in [6, 6.07) is 10.2. The van der Waals surface area contributed by atoms with E-state index in [9.17, 15) is 0 Å². The molecular weight excluding hydrogens is 226 g/mol. The highest BCUT2D eigenvalue weighted by atomic mass is 16.5. The van der Waals surface area contributed by atoms with Gasteiger partial charge in [-0.15, -0.1) is 0 Å². The molecule has 0 radical (unpaired) electrons. The van der Waals surface area contributed by atoms with Gasteiger partial charge in [0.1, 0.15) is 6.61 Å². The van der Waals surface area contributed by atoms with Crippen molar-refractivity contribution in [3.8, 4) is 17.1 Å². The molecule has 2 rings (SSSR count). The van der Waals surface area contributed by atoms with Gasteiger partial charge < -0.3 is 10.1 Å². The zero-order valence-corrected chi connectivity index (χ0v) is 10.6. The number of nitrogens with one attached hydrogen (secondary N) is 1. The summed E-state index contributed by atoms with van der Waals surface area (Å²) in [5, 5.41) is 3.11. The molecule has 0 aliphatic carbocycles. The van der Waals surface area contributed by atoms with Crippen molar-refractivity contribution >= 4 is 0 Å². The first kappa shape index (κ1) is 12.5. The summed E-state index contributed by atoms with van der Waals surface area (Å²) in [5.74, 6) is 1.40. The lowest BCUT2D eigenvalue weighted by molar-refractivity contribution is 0.278. The summed E-state index contributed by atoms with van der Waals surface area (Å²) in [6.07, 6.45) is 3.41. The number of benzene rings is 1. The lowest BCUT2D eigenvalue weighted by Gasteiger charge is -2.11. The highest BCUT2D eigenvalue weighted by molar-refractivity contribution is 5.54. The summed E-state index contributed by atoms with van der Waals surface area (Å²) in [6.45, 7) is 2.66. The molecule has 0 bridgehead atoms. The fourth-order valence-corrected chi connectivity index (χ4v) is 1.43. The van der Waals surface area contributed by atoms with Gasteiger partial charge in [-0.2, -0.15) is 0 Å². The van der Waals surface area contributed by atoms with E-state index in [1.54, 1.807) is 12.4 Å². The molecule has 1 heterocycles. The second-order valence-electron chi connectivity index (χ2n) is 4.11. The van der Waals surface area contributed by atoms with E-state index in [0.29, 0.717) is 24.2 Å². The van der Waals surface area contributed by atoms with Crippen molar-refractivity contribution < 1.29 is 4.74 Å². The molecule has 1 N–H and O–H groups in total. The molecule has 94 valence electrons. The molecule has 1 aromatic carbocycles. The number of nitrogens with zero attached hydrogens (tertiary/aromatic N) is 2. The van der Waals surface area contributed by atoms with Crippen LogP contribution >= 0.6 is 0 Å². The van der Waals surface area contributed by atoms with Gasteiger partial charge >= 0.3 is 0 Å². The molecule has 0 aliphatic rings. The molecule has 0 spiro atoms. The van der Waals surface area contributed by atoms with Crippen LogP contribution in [-0.2, 0) is 0 Å². The quantitative estimate of drug-likeness (QED) is 0.874. The minimum atomic E-state index is 0.304. The van der Waals surface area contributed by atoms with Crippen LogP contribution in [0.15, 0.2) is 42.7 Å². The molecule has 4 nitrogen and oxygen atoms in total. The number of ether oxygens (including phenoxy) is 1. The molecule has 4 heteroatoms. The zero-order valence-electron chi connectivity index (χ0n) is 10.6. The Kier molecular flexibility index (Phi) is 4.25. The van der Waals surface area contributed by atoms with E-state index in [1.165, 1.54) is 0 Å². The summed E-state index contributed by atoms with van der Waals surface area (Å²) >= 11 is 0. The average molecular weight is 243 g/mol. The Labute approximate surface area is 107 Å². The average Bonchev–Trinajstić information content (AvgIpc) is 2.46. The second-order valence-corrected chi connectivity index (χ2v) is 4.11. The lowest BCUT2D eigenvalue weighted by atomic mass is 10.2. The van der Waals surface area contributed by atoms with Crippen LogP contribution in [0.2, 0.25) is 0 Å². The standard InChI is InChI=1S/C14H17N3O/c1-11(15-2)10-18-13-8-16-14(17-9-13)12-6-4-3-5-7-12/h3-9,11,15H,10H2,1-2H3. The first-order valence-electron chi connectivity index (χ1n) is 5.97. The van der Waals surface area contributed by atoms with Gasteiger partial charge in [0.25, 0.3) is 0 Å². The Morgan fingerprint density at radius 3 is 2.44 bits per heavy atom. The van der Waals surface area contributed by atoms with Gasteiger partial charge in [-0.3, -0.25) is 0 Å². The van der Waals surface area contributed by atoms with Crippen molar-refractivity contribution in [1.82, 2.24) is 15.3 Å². The number of rotatable bonds is 5. The maximum atomic E-state index is 5.56. The molecule has 0 fully saturated rings. The van der Waals surface area contributed by atoms with Crippen molar-refractivity contribution in [3.05, 3.63) is 42.7 Å². The first-order chi connectivity index (χ1) is 8.79. The fourth-order valence-electron chi connectivity index (χ4n) is 1.43. The highest BCUT2D eigenvalue weighted by Gasteiger charge is 2.03. The van der Waals surface area contributed by atoms with Crippen LogP contribution in [0.3, 0.4) is 0 Å². The van der Waals surface area contributed by atoms with E-state index < -0.39 is 0 Å². The van der Waals surface area contributed by atoms with Crippen LogP contribution in [0.1, 0.15) is 6.92 Å². The van der Waals surface area contributed by atoms with Gasteiger partial charge in [-0.1, -0.05) is 30.3 Å². The van der Waals surface area contributed by atoms with Crippen LogP contribution in [0.5, 0.6) is 5.75 Å². The van der Waals surface area contributed by atoms with E-state index in [-0.39, 0.29) is 0 Å². The van der Waals surface area contributed by atoms with E-state index in [4.69, 9.17) is 4.74 Å². The molecule has 1 atom stereocenters. The van der Waals surface area contributed by atoms with Gasteiger partial charge in [-0.25, -0.2) is 9.97 Å². The molecule has 18 heavy (non-hydrogen) atoms. The maximum absolute atomic E-state index is 5.56. The number of hydrogen-bond acceptors (Lipinski definition) is 4. The molecule has 1 unspecified atom stereocenters. The van der Waals surface area contributed by atoms with E-state index >= 15 is 0 Å². The topological polar surface area (TPSA) is 47.0 Å². The van der Waals surface area contributed by atoms with Gasteiger partial charge in [0, 0.05) is 11.6 Å². The van der Waals surface area contributed by atoms with Gasteiger partial charge in [0.15, 0.2) is 11.6 Å². The molecule has 0 saturated heterocycles. The minimum Gasteiger partial charge on any atom is -0.489 e. The molecule has 1 aromatic heterocycles. The number of hydrogen-bond donors (Lipinski definition) is 1. The van der Waals surface area contributed by atoms with Crippen LogP contribution in [0, 0.1) is 0 Å². The fraction of sp³-hybridized carbons (Fsp3) is 0.286. The van der Waals surface area contributed by atoms with Crippen molar-refractivity contribution in [2.75, 3.05) is 13.7 Å². The molecule has 0 saturated carbocycles. The van der Waals surface area contributed by atoms with Crippen LogP contribution in [0.4, 0.5) is 0 Å². The minimum absolute atomic E-state index is 0.304. The zero-order chi connectivity index (χ0) is 12.8. The van der Waals surface area contributed by atoms with Gasteiger partial charge in [0.2, 0.25) is 0 Å². The Bertz CT molecular complexity index is 470. The summed E-state index contributed by atoms with van der Waals surface area (Å²) < 4.78 is 5.56. The monoisotopic (exact) mass is 243 g/mol. The van der Waals surface area contributed by atoms with Crippen molar-refractivity contribution in [1.29, 1.82) is 0 Å². The Morgan fingerprint density at radius 1 is 1.17 bits per heavy atom. The smallest absolute Gasteiger partial charge is 0.159 e. The molecule has 0 aliphatic heterocycles.